The Morgan fingerprint density at radius 3 is 2.59 bits per heavy atom. The standard InChI is InChI=1S/C14H18N2O/c1-11-6-3-4-7-12(11)16(2)13(10-15)14-8-5-9-17-14/h3-9,13H,10,15H2,1-2H3. The molecule has 0 amide bonds. The molecular weight excluding hydrogens is 212 g/mol. The van der Waals surface area contributed by atoms with Crippen molar-refractivity contribution in [3.63, 3.8) is 0 Å². The first-order chi connectivity index (χ1) is 8.24. The minimum Gasteiger partial charge on any atom is -0.467 e. The van der Waals surface area contributed by atoms with Gasteiger partial charge in [0.25, 0.3) is 0 Å². The average Bonchev–Trinajstić information content (AvgIpc) is 2.84. The summed E-state index contributed by atoms with van der Waals surface area (Å²) in [5.41, 5.74) is 8.27. The molecule has 0 fully saturated rings. The molecule has 1 aromatic heterocycles. The van der Waals surface area contributed by atoms with Gasteiger partial charge in [-0.2, -0.15) is 0 Å². The minimum absolute atomic E-state index is 0.0751. The second kappa shape index (κ2) is 5.06. The van der Waals surface area contributed by atoms with E-state index in [-0.39, 0.29) is 6.04 Å². The Bertz CT molecular complexity index is 465. The Balaban J connectivity index is 2.30. The first-order valence-electron chi connectivity index (χ1n) is 5.76. The number of nitrogens with two attached hydrogens (primary N) is 1. The van der Waals surface area contributed by atoms with Crippen LogP contribution in [0.25, 0.3) is 0 Å². The smallest absolute Gasteiger partial charge is 0.127 e. The molecule has 90 valence electrons. The Morgan fingerprint density at radius 2 is 2.00 bits per heavy atom. The summed E-state index contributed by atoms with van der Waals surface area (Å²) in [6, 6.07) is 12.2. The molecule has 0 saturated heterocycles. The van der Waals surface area contributed by atoms with E-state index in [1.165, 1.54) is 11.3 Å². The van der Waals surface area contributed by atoms with Gasteiger partial charge in [0, 0.05) is 19.3 Å². The molecule has 17 heavy (non-hydrogen) atoms. The molecule has 0 saturated carbocycles. The summed E-state index contributed by atoms with van der Waals surface area (Å²) < 4.78 is 5.45. The van der Waals surface area contributed by atoms with Crippen LogP contribution >= 0.6 is 0 Å². The van der Waals surface area contributed by atoms with Gasteiger partial charge in [-0.25, -0.2) is 0 Å². The fourth-order valence-corrected chi connectivity index (χ4v) is 2.07. The lowest BCUT2D eigenvalue weighted by molar-refractivity contribution is 0.460. The van der Waals surface area contributed by atoms with Crippen LogP contribution in [-0.2, 0) is 0 Å². The number of hydrogen-bond donors (Lipinski definition) is 1. The maximum absolute atomic E-state index is 5.85. The van der Waals surface area contributed by atoms with Crippen molar-refractivity contribution < 1.29 is 4.42 Å². The van der Waals surface area contributed by atoms with E-state index in [9.17, 15) is 0 Å². The van der Waals surface area contributed by atoms with Gasteiger partial charge in [-0.05, 0) is 30.7 Å². The maximum Gasteiger partial charge on any atom is 0.127 e. The van der Waals surface area contributed by atoms with Crippen LogP contribution in [0, 0.1) is 6.92 Å². The Morgan fingerprint density at radius 1 is 1.24 bits per heavy atom. The molecule has 3 nitrogen and oxygen atoms in total. The summed E-state index contributed by atoms with van der Waals surface area (Å²) in [6.07, 6.45) is 1.68. The number of furan rings is 1. The van der Waals surface area contributed by atoms with Crippen LogP contribution in [0.15, 0.2) is 47.1 Å². The molecule has 1 atom stereocenters. The number of benzene rings is 1. The summed E-state index contributed by atoms with van der Waals surface area (Å²) in [5.74, 6) is 0.901. The Hall–Kier alpha value is -1.74. The molecule has 0 aliphatic heterocycles. The maximum atomic E-state index is 5.85. The van der Waals surface area contributed by atoms with Gasteiger partial charge in [0.2, 0.25) is 0 Å². The third-order valence-electron chi connectivity index (χ3n) is 3.06. The van der Waals surface area contributed by atoms with E-state index in [0.29, 0.717) is 6.54 Å². The van der Waals surface area contributed by atoms with Gasteiger partial charge in [0.15, 0.2) is 0 Å². The lowest BCUT2D eigenvalue weighted by Crippen LogP contribution is -2.30. The lowest BCUT2D eigenvalue weighted by Gasteiger charge is -2.28. The second-order valence-corrected chi connectivity index (χ2v) is 4.16. The molecule has 2 N–H and O–H groups in total. The second-order valence-electron chi connectivity index (χ2n) is 4.16. The van der Waals surface area contributed by atoms with Crippen molar-refractivity contribution in [2.75, 3.05) is 18.5 Å². The zero-order valence-electron chi connectivity index (χ0n) is 10.3. The Labute approximate surface area is 102 Å². The summed E-state index contributed by atoms with van der Waals surface area (Å²) in [5, 5.41) is 0. The number of aryl methyl sites for hydroxylation is 1. The number of nitrogens with zero attached hydrogens (tertiary/aromatic N) is 1. The predicted octanol–water partition coefficient (Wildman–Crippen LogP) is 2.72. The summed E-state index contributed by atoms with van der Waals surface area (Å²) in [6.45, 7) is 2.62. The first-order valence-corrected chi connectivity index (χ1v) is 5.76. The van der Waals surface area contributed by atoms with Gasteiger partial charge in [0.05, 0.1) is 12.3 Å². The van der Waals surface area contributed by atoms with Crippen molar-refractivity contribution in [2.24, 2.45) is 5.73 Å². The molecule has 3 heteroatoms. The van der Waals surface area contributed by atoms with Gasteiger partial charge in [-0.15, -0.1) is 0 Å². The number of likely N-dealkylation sites (N-methyl/N-ethyl adjacent to an activating group) is 1. The van der Waals surface area contributed by atoms with Gasteiger partial charge in [0.1, 0.15) is 5.76 Å². The van der Waals surface area contributed by atoms with Crippen LogP contribution in [0.3, 0.4) is 0 Å². The summed E-state index contributed by atoms with van der Waals surface area (Å²) in [7, 11) is 2.04. The monoisotopic (exact) mass is 230 g/mol. The summed E-state index contributed by atoms with van der Waals surface area (Å²) in [4.78, 5) is 2.16. The van der Waals surface area contributed by atoms with Crippen LogP contribution in [0.2, 0.25) is 0 Å². The molecule has 0 aliphatic carbocycles. The number of anilines is 1. The van der Waals surface area contributed by atoms with Gasteiger partial charge in [-0.3, -0.25) is 0 Å². The van der Waals surface area contributed by atoms with E-state index in [0.717, 1.165) is 5.76 Å². The quantitative estimate of drug-likeness (QED) is 0.878. The Kier molecular flexibility index (Phi) is 3.49. The van der Waals surface area contributed by atoms with Crippen molar-refractivity contribution in [2.45, 2.75) is 13.0 Å². The SMILES string of the molecule is Cc1ccccc1N(C)C(CN)c1ccco1. The first kappa shape index (κ1) is 11.7. The molecule has 0 bridgehead atoms. The third kappa shape index (κ3) is 2.34. The van der Waals surface area contributed by atoms with Crippen LogP contribution in [-0.4, -0.2) is 13.6 Å². The van der Waals surface area contributed by atoms with Crippen molar-refractivity contribution in [1.29, 1.82) is 0 Å². The lowest BCUT2D eigenvalue weighted by atomic mass is 10.1. The van der Waals surface area contributed by atoms with Crippen molar-refractivity contribution in [3.05, 3.63) is 54.0 Å². The van der Waals surface area contributed by atoms with Crippen molar-refractivity contribution in [1.82, 2.24) is 0 Å². The number of hydrogen-bond acceptors (Lipinski definition) is 3. The van der Waals surface area contributed by atoms with Crippen molar-refractivity contribution in [3.8, 4) is 0 Å². The predicted molar refractivity (Wildman–Crippen MR) is 70.1 cm³/mol. The van der Waals surface area contributed by atoms with Gasteiger partial charge >= 0.3 is 0 Å². The molecule has 1 heterocycles. The van der Waals surface area contributed by atoms with E-state index in [1.807, 2.05) is 31.3 Å². The van der Waals surface area contributed by atoms with E-state index < -0.39 is 0 Å². The van der Waals surface area contributed by atoms with Crippen LogP contribution in [0.1, 0.15) is 17.4 Å². The fourth-order valence-electron chi connectivity index (χ4n) is 2.07. The topological polar surface area (TPSA) is 42.4 Å². The van der Waals surface area contributed by atoms with E-state index in [4.69, 9.17) is 10.2 Å². The van der Waals surface area contributed by atoms with E-state index in [2.05, 4.69) is 24.0 Å². The highest BCUT2D eigenvalue weighted by Crippen LogP contribution is 2.27. The van der Waals surface area contributed by atoms with Crippen LogP contribution in [0.5, 0.6) is 0 Å². The number of rotatable bonds is 4. The fraction of sp³-hybridized carbons (Fsp3) is 0.286. The highest BCUT2D eigenvalue weighted by atomic mass is 16.3. The molecular formula is C14H18N2O. The average molecular weight is 230 g/mol. The van der Waals surface area contributed by atoms with E-state index >= 15 is 0 Å². The minimum atomic E-state index is 0.0751. The van der Waals surface area contributed by atoms with Gasteiger partial charge < -0.3 is 15.1 Å². The highest BCUT2D eigenvalue weighted by molar-refractivity contribution is 5.53. The zero-order chi connectivity index (χ0) is 12.3. The molecule has 1 unspecified atom stereocenters. The highest BCUT2D eigenvalue weighted by Gasteiger charge is 2.19. The van der Waals surface area contributed by atoms with Crippen molar-refractivity contribution >= 4 is 5.69 Å². The van der Waals surface area contributed by atoms with Crippen LogP contribution in [0.4, 0.5) is 5.69 Å². The number of para-hydroxylation sites is 1. The normalized spacial score (nSPS) is 12.4. The van der Waals surface area contributed by atoms with Crippen LogP contribution < -0.4 is 10.6 Å². The zero-order valence-corrected chi connectivity index (χ0v) is 10.3. The molecule has 0 radical (unpaired) electrons. The largest absolute Gasteiger partial charge is 0.467 e. The summed E-state index contributed by atoms with van der Waals surface area (Å²) >= 11 is 0. The molecule has 2 aromatic rings. The molecule has 0 aliphatic rings. The molecule has 2 rings (SSSR count). The third-order valence-corrected chi connectivity index (χ3v) is 3.06. The molecule has 0 spiro atoms. The van der Waals surface area contributed by atoms with Gasteiger partial charge in [-0.1, -0.05) is 18.2 Å². The molecule has 1 aromatic carbocycles. The van der Waals surface area contributed by atoms with E-state index in [1.54, 1.807) is 6.26 Å².